The molecule has 69 valence electrons. The van der Waals surface area contributed by atoms with E-state index in [1.165, 1.54) is 12.0 Å². The summed E-state index contributed by atoms with van der Waals surface area (Å²) in [5.74, 6) is 0.709. The second-order valence-corrected chi connectivity index (χ2v) is 3.44. The first-order valence-corrected chi connectivity index (χ1v) is 4.82. The smallest absolute Gasteiger partial charge is 0.0259 e. The second-order valence-electron chi connectivity index (χ2n) is 3.44. The van der Waals surface area contributed by atoms with Crippen LogP contribution in [0.2, 0.25) is 0 Å². The summed E-state index contributed by atoms with van der Waals surface area (Å²) in [6.45, 7) is 10.3. The molecule has 0 aromatic heterocycles. The van der Waals surface area contributed by atoms with Crippen molar-refractivity contribution in [3.63, 3.8) is 0 Å². The fourth-order valence-corrected chi connectivity index (χ4v) is 1.06. The molecule has 1 radical (unpaired) electrons. The molecule has 0 rings (SSSR count). The van der Waals surface area contributed by atoms with E-state index in [2.05, 4.69) is 39.0 Å². The Morgan fingerprint density at radius 2 is 2.17 bits per heavy atom. The van der Waals surface area contributed by atoms with Crippen molar-refractivity contribution in [2.75, 3.05) is 0 Å². The lowest BCUT2D eigenvalue weighted by Crippen LogP contribution is -1.87. The highest BCUT2D eigenvalue weighted by Crippen LogP contribution is 2.09. The van der Waals surface area contributed by atoms with E-state index in [0.29, 0.717) is 5.92 Å². The van der Waals surface area contributed by atoms with Crippen LogP contribution in [0.1, 0.15) is 40.0 Å². The van der Waals surface area contributed by atoms with Gasteiger partial charge >= 0.3 is 0 Å². The molecule has 0 spiro atoms. The molecule has 1 unspecified atom stereocenters. The monoisotopic (exact) mass is 165 g/mol. The van der Waals surface area contributed by atoms with Crippen LogP contribution in [0.5, 0.6) is 0 Å². The highest BCUT2D eigenvalue weighted by molar-refractivity contribution is 5.01. The average molecular weight is 165 g/mol. The van der Waals surface area contributed by atoms with Gasteiger partial charge in [-0.1, -0.05) is 37.6 Å². The molecule has 0 bridgehead atoms. The first-order valence-electron chi connectivity index (χ1n) is 4.82. The lowest BCUT2D eigenvalue weighted by molar-refractivity contribution is 0.655. The van der Waals surface area contributed by atoms with E-state index in [0.717, 1.165) is 12.8 Å². The van der Waals surface area contributed by atoms with Crippen LogP contribution in [0, 0.1) is 12.8 Å². The van der Waals surface area contributed by atoms with Gasteiger partial charge in [0.25, 0.3) is 0 Å². The number of hydrogen-bond acceptors (Lipinski definition) is 0. The van der Waals surface area contributed by atoms with E-state index in [-0.39, 0.29) is 0 Å². The van der Waals surface area contributed by atoms with Gasteiger partial charge in [0, 0.05) is 0 Å². The third kappa shape index (κ3) is 7.59. The summed E-state index contributed by atoms with van der Waals surface area (Å²) in [6, 6.07) is 0. The average Bonchev–Trinajstić information content (AvgIpc) is 2.00. The Morgan fingerprint density at radius 3 is 2.67 bits per heavy atom. The van der Waals surface area contributed by atoms with Crippen LogP contribution in [0.4, 0.5) is 0 Å². The van der Waals surface area contributed by atoms with E-state index in [4.69, 9.17) is 0 Å². The molecule has 0 saturated heterocycles. The zero-order chi connectivity index (χ0) is 9.40. The topological polar surface area (TPSA) is 0 Å². The van der Waals surface area contributed by atoms with Crippen LogP contribution in [-0.2, 0) is 0 Å². The molecular weight excluding hydrogens is 144 g/mol. The second kappa shape index (κ2) is 7.15. The van der Waals surface area contributed by atoms with Gasteiger partial charge in [-0.05, 0) is 39.0 Å². The van der Waals surface area contributed by atoms with Crippen molar-refractivity contribution in [3.8, 4) is 0 Å². The van der Waals surface area contributed by atoms with Crippen molar-refractivity contribution in [1.82, 2.24) is 0 Å². The molecule has 0 heterocycles. The van der Waals surface area contributed by atoms with Crippen molar-refractivity contribution in [2.24, 2.45) is 5.92 Å². The molecule has 0 aliphatic rings. The van der Waals surface area contributed by atoms with Gasteiger partial charge in [-0.3, -0.25) is 0 Å². The van der Waals surface area contributed by atoms with Gasteiger partial charge in [0.15, 0.2) is 0 Å². The Balaban J connectivity index is 3.50. The zero-order valence-electron chi connectivity index (χ0n) is 8.64. The fraction of sp³-hybridized carbons (Fsp3) is 0.583. The molecule has 0 saturated carbocycles. The molecule has 0 amide bonds. The Hall–Kier alpha value is -0.520. The van der Waals surface area contributed by atoms with Gasteiger partial charge in [0.2, 0.25) is 0 Å². The molecule has 0 aliphatic carbocycles. The van der Waals surface area contributed by atoms with Gasteiger partial charge in [-0.2, -0.15) is 0 Å². The van der Waals surface area contributed by atoms with E-state index in [1.807, 2.05) is 6.92 Å². The van der Waals surface area contributed by atoms with Crippen molar-refractivity contribution < 1.29 is 0 Å². The Labute approximate surface area is 77.4 Å². The van der Waals surface area contributed by atoms with Gasteiger partial charge in [0.1, 0.15) is 0 Å². The fourth-order valence-electron chi connectivity index (χ4n) is 1.06. The maximum Gasteiger partial charge on any atom is -0.0259 e. The molecule has 1 atom stereocenters. The summed E-state index contributed by atoms with van der Waals surface area (Å²) >= 11 is 0. The summed E-state index contributed by atoms with van der Waals surface area (Å²) in [6.07, 6.45) is 10.3. The molecule has 12 heavy (non-hydrogen) atoms. The lowest BCUT2D eigenvalue weighted by atomic mass is 10.0. The summed E-state index contributed by atoms with van der Waals surface area (Å²) < 4.78 is 0. The lowest BCUT2D eigenvalue weighted by Gasteiger charge is -2.02. The van der Waals surface area contributed by atoms with Gasteiger partial charge < -0.3 is 0 Å². The molecule has 0 aromatic rings. The quantitative estimate of drug-likeness (QED) is 0.537. The first-order chi connectivity index (χ1) is 5.66. The minimum atomic E-state index is 0.709. The van der Waals surface area contributed by atoms with E-state index >= 15 is 0 Å². The van der Waals surface area contributed by atoms with Gasteiger partial charge in [0.05, 0.1) is 0 Å². The predicted molar refractivity (Wildman–Crippen MR) is 56.9 cm³/mol. The van der Waals surface area contributed by atoms with Gasteiger partial charge in [-0.25, -0.2) is 0 Å². The van der Waals surface area contributed by atoms with E-state index < -0.39 is 0 Å². The van der Waals surface area contributed by atoms with Crippen molar-refractivity contribution in [1.29, 1.82) is 0 Å². The zero-order valence-corrected chi connectivity index (χ0v) is 8.64. The van der Waals surface area contributed by atoms with Gasteiger partial charge in [-0.15, -0.1) is 0 Å². The molecule has 0 aliphatic heterocycles. The summed E-state index contributed by atoms with van der Waals surface area (Å²) in [5.41, 5.74) is 1.18. The molecule has 0 aromatic carbocycles. The van der Waals surface area contributed by atoms with Crippen LogP contribution in [0.15, 0.2) is 23.8 Å². The number of rotatable bonds is 5. The van der Waals surface area contributed by atoms with Crippen LogP contribution in [0.25, 0.3) is 0 Å². The maximum atomic E-state index is 3.84. The first kappa shape index (κ1) is 11.5. The molecule has 0 nitrogen and oxygen atoms in total. The van der Waals surface area contributed by atoms with Crippen molar-refractivity contribution in [3.05, 3.63) is 30.7 Å². The standard InChI is InChI=1S/C12H21/c1-5-6-9-12(4)10-7-8-11(2)3/h6,8-9,12H,2,5,7,10H2,1,3-4H3. The van der Waals surface area contributed by atoms with Crippen LogP contribution in [-0.4, -0.2) is 0 Å². The summed E-state index contributed by atoms with van der Waals surface area (Å²) in [7, 11) is 0. The largest absolute Gasteiger partial charge is 0.0885 e. The number of allylic oxidation sites excluding steroid dienone is 4. The third-order valence-corrected chi connectivity index (χ3v) is 1.82. The SMILES string of the molecule is [CH2]C(C)=CCCC(C)C=CCC. The van der Waals surface area contributed by atoms with Crippen LogP contribution >= 0.6 is 0 Å². The predicted octanol–water partition coefficient (Wildman–Crippen LogP) is 4.15. The van der Waals surface area contributed by atoms with Crippen molar-refractivity contribution >= 4 is 0 Å². The summed E-state index contributed by atoms with van der Waals surface area (Å²) in [4.78, 5) is 0. The highest BCUT2D eigenvalue weighted by atomic mass is 14.0. The van der Waals surface area contributed by atoms with Crippen LogP contribution in [0.3, 0.4) is 0 Å². The van der Waals surface area contributed by atoms with Crippen molar-refractivity contribution in [2.45, 2.75) is 40.0 Å². The van der Waals surface area contributed by atoms with E-state index in [9.17, 15) is 0 Å². The number of hydrogen-bond donors (Lipinski definition) is 0. The molecule has 0 fully saturated rings. The Kier molecular flexibility index (Phi) is 6.84. The molecule has 0 heteroatoms. The van der Waals surface area contributed by atoms with E-state index in [1.54, 1.807) is 0 Å². The Bertz CT molecular complexity index is 147. The maximum absolute atomic E-state index is 3.84. The highest BCUT2D eigenvalue weighted by Gasteiger charge is 1.93. The minimum absolute atomic E-state index is 0.709. The molecule has 0 N–H and O–H groups in total. The summed E-state index contributed by atoms with van der Waals surface area (Å²) in [5, 5.41) is 0. The molecular formula is C12H21. The third-order valence-electron chi connectivity index (χ3n) is 1.82. The van der Waals surface area contributed by atoms with Crippen LogP contribution < -0.4 is 0 Å². The normalized spacial score (nSPS) is 15.5. The Morgan fingerprint density at radius 1 is 1.50 bits per heavy atom. The minimum Gasteiger partial charge on any atom is -0.0885 e.